The van der Waals surface area contributed by atoms with E-state index in [0.29, 0.717) is 35.5 Å². The number of aromatic hydroxyl groups is 1. The first-order chi connectivity index (χ1) is 25.2. The summed E-state index contributed by atoms with van der Waals surface area (Å²) in [6.45, 7) is 6.15. The van der Waals surface area contributed by atoms with Crippen molar-refractivity contribution in [3.8, 4) is 11.5 Å². The number of carbonyl (C=O) groups excluding carboxylic acids is 4. The van der Waals surface area contributed by atoms with E-state index in [1.165, 1.54) is 4.90 Å². The number of allylic oxidation sites excluding steroid dienone is 2. The van der Waals surface area contributed by atoms with Gasteiger partial charge < -0.3 is 9.84 Å². The van der Waals surface area contributed by atoms with Gasteiger partial charge in [-0.3, -0.25) is 29.5 Å². The Labute approximate surface area is 302 Å². The van der Waals surface area contributed by atoms with Crippen LogP contribution in [-0.4, -0.2) is 40.4 Å². The van der Waals surface area contributed by atoms with Crippen molar-refractivity contribution in [1.29, 1.82) is 0 Å². The minimum absolute atomic E-state index is 0.0428. The maximum atomic E-state index is 15.3. The first kappa shape index (κ1) is 33.4. The lowest BCUT2D eigenvalue weighted by molar-refractivity contribution is -0.138. The Morgan fingerprint density at radius 2 is 1.58 bits per heavy atom. The van der Waals surface area contributed by atoms with Crippen molar-refractivity contribution in [2.45, 2.75) is 51.4 Å². The number of phenolic OH excluding ortho intramolecular Hbond substituents is 1. The van der Waals surface area contributed by atoms with Crippen molar-refractivity contribution in [2.75, 3.05) is 16.9 Å². The van der Waals surface area contributed by atoms with Gasteiger partial charge in [-0.25, -0.2) is 0 Å². The molecule has 4 aromatic carbocycles. The lowest BCUT2D eigenvalue weighted by Crippen LogP contribution is -2.53. The summed E-state index contributed by atoms with van der Waals surface area (Å²) in [5.74, 6) is -4.51. The molecule has 2 aliphatic heterocycles. The van der Waals surface area contributed by atoms with Crippen LogP contribution in [0.3, 0.4) is 0 Å². The molecule has 4 amide bonds. The number of hydrogen-bond donors (Lipinski definition) is 2. The maximum Gasteiger partial charge on any atom is 0.260 e. The third kappa shape index (κ3) is 4.97. The highest BCUT2D eigenvalue weighted by Crippen LogP contribution is 2.64. The summed E-state index contributed by atoms with van der Waals surface area (Å²) in [6, 6.07) is 29.5. The zero-order valence-electron chi connectivity index (χ0n) is 29.4. The fourth-order valence-electron chi connectivity index (χ4n) is 9.24. The molecular formula is C43H41N3O6. The van der Waals surface area contributed by atoms with Gasteiger partial charge in [-0.05, 0) is 92.1 Å². The van der Waals surface area contributed by atoms with Crippen molar-refractivity contribution in [3.63, 3.8) is 0 Å². The molecular weight excluding hydrogens is 654 g/mol. The van der Waals surface area contributed by atoms with Crippen molar-refractivity contribution < 1.29 is 29.0 Å². The molecule has 4 aromatic rings. The van der Waals surface area contributed by atoms with E-state index >= 15 is 4.79 Å². The van der Waals surface area contributed by atoms with Gasteiger partial charge in [-0.1, -0.05) is 84.8 Å². The molecule has 9 heteroatoms. The molecule has 0 aromatic heterocycles. The Hall–Kier alpha value is -5.70. The first-order valence-corrected chi connectivity index (χ1v) is 18.1. The summed E-state index contributed by atoms with van der Waals surface area (Å²) in [5.41, 5.74) is 7.18. The molecule has 1 saturated carbocycles. The molecule has 4 aliphatic rings. The van der Waals surface area contributed by atoms with Gasteiger partial charge in [-0.2, -0.15) is 5.01 Å². The number of carbonyl (C=O) groups is 4. The van der Waals surface area contributed by atoms with E-state index in [-0.39, 0.29) is 29.7 Å². The van der Waals surface area contributed by atoms with E-state index in [2.05, 4.69) is 12.3 Å². The molecule has 8 rings (SSSR count). The van der Waals surface area contributed by atoms with Crippen molar-refractivity contribution in [3.05, 3.63) is 131 Å². The zero-order chi connectivity index (χ0) is 36.3. The predicted octanol–water partition coefficient (Wildman–Crippen LogP) is 6.85. The second kappa shape index (κ2) is 12.8. The Bertz CT molecular complexity index is 2110. The predicted molar refractivity (Wildman–Crippen MR) is 196 cm³/mol. The molecule has 3 fully saturated rings. The number of nitrogens with zero attached hydrogens (tertiary/aromatic N) is 2. The lowest BCUT2D eigenvalue weighted by atomic mass is 9.49. The van der Waals surface area contributed by atoms with Gasteiger partial charge in [0.1, 0.15) is 0 Å². The van der Waals surface area contributed by atoms with E-state index in [0.717, 1.165) is 28.1 Å². The van der Waals surface area contributed by atoms with Gasteiger partial charge in [0.2, 0.25) is 11.8 Å². The first-order valence-electron chi connectivity index (χ1n) is 18.1. The number of hydrogen-bond acceptors (Lipinski definition) is 7. The van der Waals surface area contributed by atoms with Crippen molar-refractivity contribution >= 4 is 35.0 Å². The topological polar surface area (TPSA) is 116 Å². The van der Waals surface area contributed by atoms with Gasteiger partial charge in [0, 0.05) is 5.92 Å². The molecule has 0 spiro atoms. The van der Waals surface area contributed by atoms with Crippen LogP contribution in [0.1, 0.15) is 54.9 Å². The van der Waals surface area contributed by atoms with Gasteiger partial charge >= 0.3 is 0 Å². The van der Waals surface area contributed by atoms with Crippen LogP contribution < -0.4 is 15.1 Å². The van der Waals surface area contributed by atoms with Crippen molar-refractivity contribution in [1.82, 2.24) is 5.01 Å². The number of imide groups is 2. The number of nitrogens with one attached hydrogen (secondary N) is 1. The molecule has 2 N–H and O–H groups in total. The fraction of sp³-hybridized carbons (Fsp3) is 0.302. The van der Waals surface area contributed by atoms with Crippen LogP contribution in [-0.2, 0) is 31.0 Å². The number of rotatable bonds is 8. The standard InChI is InChI=1S/C43H41N3O6/c1-4-26-13-18-30(19-14-26)45-39(48)32-21-20-31-33(37(32)41(45)50)24-34-40(49)46(44-29-16-11-25(3)12-17-29)42(51)43(34,28-9-7-6-8-10-28)38(31)27-15-22-35(47)36(23-27)52-5-2/h6-20,22-23,32-34,37-38,44,47H,4-5,21,24H2,1-3H3. The normalized spacial score (nSPS) is 26.5. The summed E-state index contributed by atoms with van der Waals surface area (Å²) in [6.07, 6.45) is 3.39. The van der Waals surface area contributed by atoms with Crippen LogP contribution >= 0.6 is 0 Å². The van der Waals surface area contributed by atoms with Gasteiger partial charge in [0.15, 0.2) is 11.5 Å². The molecule has 264 valence electrons. The molecule has 2 aliphatic carbocycles. The zero-order valence-corrected chi connectivity index (χ0v) is 29.4. The second-order valence-electron chi connectivity index (χ2n) is 14.3. The number of fused-ring (bicyclic) bond motifs is 4. The number of aryl methyl sites for hydroxylation is 2. The average molecular weight is 696 g/mol. The van der Waals surface area contributed by atoms with Gasteiger partial charge in [-0.15, -0.1) is 0 Å². The van der Waals surface area contributed by atoms with Crippen LogP contribution in [0.4, 0.5) is 11.4 Å². The maximum absolute atomic E-state index is 15.3. The molecule has 9 nitrogen and oxygen atoms in total. The molecule has 0 bridgehead atoms. The number of ether oxygens (including phenoxy) is 1. The smallest absolute Gasteiger partial charge is 0.260 e. The highest BCUT2D eigenvalue weighted by molar-refractivity contribution is 6.22. The monoisotopic (exact) mass is 695 g/mol. The minimum Gasteiger partial charge on any atom is -0.504 e. The summed E-state index contributed by atoms with van der Waals surface area (Å²) in [5, 5.41) is 11.9. The molecule has 6 atom stereocenters. The number of amides is 4. The molecule has 52 heavy (non-hydrogen) atoms. The Morgan fingerprint density at radius 3 is 2.27 bits per heavy atom. The molecule has 0 radical (unpaired) electrons. The quantitative estimate of drug-likeness (QED) is 0.153. The molecule has 2 heterocycles. The number of hydrazine groups is 1. The lowest BCUT2D eigenvalue weighted by Gasteiger charge is -2.50. The molecule has 2 saturated heterocycles. The third-order valence-corrected chi connectivity index (χ3v) is 11.6. The minimum atomic E-state index is -1.41. The van der Waals surface area contributed by atoms with Crippen molar-refractivity contribution in [2.24, 2.45) is 23.7 Å². The van der Waals surface area contributed by atoms with E-state index in [1.54, 1.807) is 18.2 Å². The summed E-state index contributed by atoms with van der Waals surface area (Å²) < 4.78 is 5.84. The van der Waals surface area contributed by atoms with Gasteiger partial charge in [0.05, 0.1) is 41.2 Å². The third-order valence-electron chi connectivity index (χ3n) is 11.6. The summed E-state index contributed by atoms with van der Waals surface area (Å²) in [7, 11) is 0. The number of benzene rings is 4. The SMILES string of the molecule is CCOc1cc(C2C3=CCC4C(=O)N(c5ccc(CC)cc5)C(=O)C4C3CC3C(=O)N(Nc4ccc(C)cc4)C(=O)C32c2ccccc2)ccc1O. The van der Waals surface area contributed by atoms with Crippen LogP contribution in [0.5, 0.6) is 11.5 Å². The van der Waals surface area contributed by atoms with E-state index in [4.69, 9.17) is 4.74 Å². The fourth-order valence-corrected chi connectivity index (χ4v) is 9.24. The number of anilines is 2. The van der Waals surface area contributed by atoms with Crippen LogP contribution in [0.2, 0.25) is 0 Å². The van der Waals surface area contributed by atoms with E-state index < -0.39 is 46.8 Å². The summed E-state index contributed by atoms with van der Waals surface area (Å²) in [4.78, 5) is 60.1. The van der Waals surface area contributed by atoms with E-state index in [1.807, 2.05) is 98.8 Å². The second-order valence-corrected chi connectivity index (χ2v) is 14.3. The highest BCUT2D eigenvalue weighted by Gasteiger charge is 2.70. The summed E-state index contributed by atoms with van der Waals surface area (Å²) >= 11 is 0. The van der Waals surface area contributed by atoms with Crippen LogP contribution in [0.25, 0.3) is 0 Å². The largest absolute Gasteiger partial charge is 0.504 e. The molecule has 6 unspecified atom stereocenters. The Kier molecular flexibility index (Phi) is 8.24. The van der Waals surface area contributed by atoms with E-state index in [9.17, 15) is 19.5 Å². The highest BCUT2D eigenvalue weighted by atomic mass is 16.5. The Balaban J connectivity index is 1.31. The van der Waals surface area contributed by atoms with Crippen LogP contribution in [0.15, 0.2) is 109 Å². The Morgan fingerprint density at radius 1 is 0.846 bits per heavy atom. The van der Waals surface area contributed by atoms with Gasteiger partial charge in [0.25, 0.3) is 11.8 Å². The number of phenols is 1. The average Bonchev–Trinajstić information content (AvgIpc) is 3.54. The van der Waals surface area contributed by atoms with Crippen LogP contribution in [0, 0.1) is 30.6 Å².